The second kappa shape index (κ2) is 7.79. The summed E-state index contributed by atoms with van der Waals surface area (Å²) in [5.74, 6) is -0.213. The molecule has 0 aliphatic carbocycles. The van der Waals surface area contributed by atoms with E-state index >= 15 is 0 Å². The first kappa shape index (κ1) is 18.3. The molecule has 138 valence electrons. The van der Waals surface area contributed by atoms with E-state index in [2.05, 4.69) is 5.32 Å². The van der Waals surface area contributed by atoms with Crippen molar-refractivity contribution in [1.82, 2.24) is 9.80 Å². The van der Waals surface area contributed by atoms with Crippen LogP contribution in [-0.2, 0) is 9.59 Å². The van der Waals surface area contributed by atoms with Crippen molar-refractivity contribution >= 4 is 28.3 Å². The molecule has 0 atom stereocenters. The minimum atomic E-state index is -0.365. The van der Waals surface area contributed by atoms with Crippen LogP contribution in [0, 0.1) is 11.3 Å². The lowest BCUT2D eigenvalue weighted by molar-refractivity contribution is -0.136. The van der Waals surface area contributed by atoms with Gasteiger partial charge in [-0.05, 0) is 12.1 Å². The number of rotatable bonds is 3. The molecule has 7 nitrogen and oxygen atoms in total. The van der Waals surface area contributed by atoms with Crippen molar-refractivity contribution in [2.45, 2.75) is 6.92 Å². The van der Waals surface area contributed by atoms with Crippen molar-refractivity contribution in [3.8, 4) is 11.8 Å². The Hall–Kier alpha value is -3.53. The largest absolute Gasteiger partial charge is 0.507 e. The van der Waals surface area contributed by atoms with Gasteiger partial charge in [-0.3, -0.25) is 9.59 Å². The molecule has 0 saturated carbocycles. The summed E-state index contributed by atoms with van der Waals surface area (Å²) in [4.78, 5) is 27.2. The molecule has 1 aliphatic heterocycles. The molecule has 2 aromatic carbocycles. The zero-order valence-corrected chi connectivity index (χ0v) is 15.0. The number of benzene rings is 2. The van der Waals surface area contributed by atoms with Gasteiger partial charge in [0.05, 0.1) is 0 Å². The number of piperazine rings is 1. The molecular weight excluding hydrogens is 344 g/mol. The molecular formula is C20H20N4O3. The van der Waals surface area contributed by atoms with E-state index in [-0.39, 0.29) is 23.1 Å². The number of phenols is 1. The number of nitrogens with one attached hydrogen (secondary N) is 1. The lowest BCUT2D eigenvalue weighted by Crippen LogP contribution is -2.50. The maximum Gasteiger partial charge on any atom is 0.266 e. The summed E-state index contributed by atoms with van der Waals surface area (Å²) in [5.41, 5.74) is 0.675. The van der Waals surface area contributed by atoms with E-state index in [1.807, 2.05) is 18.2 Å². The molecule has 0 radical (unpaired) electrons. The topological polar surface area (TPSA) is 96.7 Å². The summed E-state index contributed by atoms with van der Waals surface area (Å²) in [7, 11) is 0. The molecule has 3 rings (SSSR count). The smallest absolute Gasteiger partial charge is 0.266 e. The van der Waals surface area contributed by atoms with Crippen molar-refractivity contribution in [3.63, 3.8) is 0 Å². The first-order valence-electron chi connectivity index (χ1n) is 8.63. The van der Waals surface area contributed by atoms with Crippen LogP contribution in [-0.4, -0.2) is 52.9 Å². The van der Waals surface area contributed by atoms with Crippen LogP contribution >= 0.6 is 0 Å². The van der Waals surface area contributed by atoms with Gasteiger partial charge in [-0.15, -0.1) is 0 Å². The van der Waals surface area contributed by atoms with Gasteiger partial charge in [-0.25, -0.2) is 0 Å². The molecule has 2 amide bonds. The third-order valence-corrected chi connectivity index (χ3v) is 4.63. The second-order valence-corrected chi connectivity index (χ2v) is 6.29. The van der Waals surface area contributed by atoms with Gasteiger partial charge in [0, 0.05) is 55.8 Å². The zero-order chi connectivity index (χ0) is 19.4. The molecule has 7 heteroatoms. The molecule has 1 aliphatic rings. The standard InChI is InChI=1S/C20H20N4O3/c1-14(25)23-8-10-24(11-9-23)20(27)15(12-21)13-22-18-6-2-5-17-16(18)4-3-7-19(17)26/h2-7,13,22,26H,8-11H2,1H3/b15-13-. The number of hydrogen-bond acceptors (Lipinski definition) is 5. The molecule has 0 spiro atoms. The quantitative estimate of drug-likeness (QED) is 0.642. The number of carbonyl (C=O) groups excluding carboxylic acids is 2. The Kier molecular flexibility index (Phi) is 5.27. The summed E-state index contributed by atoms with van der Waals surface area (Å²) in [6.45, 7) is 3.24. The number of amides is 2. The van der Waals surface area contributed by atoms with Gasteiger partial charge in [0.2, 0.25) is 5.91 Å². The molecule has 2 aromatic rings. The van der Waals surface area contributed by atoms with Crippen molar-refractivity contribution < 1.29 is 14.7 Å². The van der Waals surface area contributed by atoms with E-state index in [4.69, 9.17) is 0 Å². The van der Waals surface area contributed by atoms with Crippen molar-refractivity contribution in [1.29, 1.82) is 5.26 Å². The van der Waals surface area contributed by atoms with Crippen LogP contribution in [0.4, 0.5) is 5.69 Å². The van der Waals surface area contributed by atoms with Crippen LogP contribution in [0.3, 0.4) is 0 Å². The fraction of sp³-hybridized carbons (Fsp3) is 0.250. The van der Waals surface area contributed by atoms with Gasteiger partial charge in [0.1, 0.15) is 17.4 Å². The number of anilines is 1. The Bertz CT molecular complexity index is 953. The van der Waals surface area contributed by atoms with E-state index in [0.717, 1.165) is 5.39 Å². The normalized spacial score (nSPS) is 14.7. The Morgan fingerprint density at radius 2 is 1.70 bits per heavy atom. The number of nitrogens with zero attached hydrogens (tertiary/aromatic N) is 3. The molecule has 1 saturated heterocycles. The summed E-state index contributed by atoms with van der Waals surface area (Å²) in [6.07, 6.45) is 1.39. The van der Waals surface area contributed by atoms with Crippen LogP contribution in [0.25, 0.3) is 10.8 Å². The van der Waals surface area contributed by atoms with Crippen molar-refractivity contribution in [3.05, 3.63) is 48.2 Å². The van der Waals surface area contributed by atoms with Crippen molar-refractivity contribution in [2.75, 3.05) is 31.5 Å². The number of hydrogen-bond donors (Lipinski definition) is 2. The Balaban J connectivity index is 1.76. The molecule has 27 heavy (non-hydrogen) atoms. The van der Waals surface area contributed by atoms with Crippen LogP contribution < -0.4 is 5.32 Å². The summed E-state index contributed by atoms with van der Waals surface area (Å²) in [5, 5.41) is 23.8. The highest BCUT2D eigenvalue weighted by Crippen LogP contribution is 2.29. The predicted octanol–water partition coefficient (Wildman–Crippen LogP) is 2.06. The maximum absolute atomic E-state index is 12.6. The molecule has 0 aromatic heterocycles. The minimum Gasteiger partial charge on any atom is -0.507 e. The number of fused-ring (bicyclic) bond motifs is 1. The first-order chi connectivity index (χ1) is 13.0. The van der Waals surface area contributed by atoms with Gasteiger partial charge < -0.3 is 20.2 Å². The monoisotopic (exact) mass is 364 g/mol. The highest BCUT2D eigenvalue weighted by atomic mass is 16.3. The van der Waals surface area contributed by atoms with E-state index in [9.17, 15) is 20.0 Å². The summed E-state index contributed by atoms with van der Waals surface area (Å²) in [6, 6.07) is 12.5. The number of nitriles is 1. The van der Waals surface area contributed by atoms with Gasteiger partial charge in [-0.2, -0.15) is 5.26 Å². The SMILES string of the molecule is CC(=O)N1CCN(C(=O)/C(C#N)=C\Nc2cccc3c(O)cccc23)CC1. The zero-order valence-electron chi connectivity index (χ0n) is 15.0. The lowest BCUT2D eigenvalue weighted by atomic mass is 10.1. The van der Waals surface area contributed by atoms with Gasteiger partial charge in [0.15, 0.2) is 0 Å². The van der Waals surface area contributed by atoms with Crippen LogP contribution in [0.15, 0.2) is 48.2 Å². The second-order valence-electron chi connectivity index (χ2n) is 6.29. The molecule has 0 unspecified atom stereocenters. The molecule has 0 bridgehead atoms. The predicted molar refractivity (Wildman–Crippen MR) is 102 cm³/mol. The highest BCUT2D eigenvalue weighted by Gasteiger charge is 2.24. The first-order valence-corrected chi connectivity index (χ1v) is 8.63. The molecule has 1 heterocycles. The lowest BCUT2D eigenvalue weighted by Gasteiger charge is -2.34. The summed E-state index contributed by atoms with van der Waals surface area (Å²) < 4.78 is 0. The maximum atomic E-state index is 12.6. The Morgan fingerprint density at radius 1 is 1.07 bits per heavy atom. The Morgan fingerprint density at radius 3 is 2.37 bits per heavy atom. The highest BCUT2D eigenvalue weighted by molar-refractivity contribution is 6.00. The molecule has 1 fully saturated rings. The van der Waals surface area contributed by atoms with E-state index in [1.54, 1.807) is 34.1 Å². The Labute approximate surface area is 157 Å². The fourth-order valence-electron chi connectivity index (χ4n) is 3.11. The number of aromatic hydroxyl groups is 1. The van der Waals surface area contributed by atoms with E-state index < -0.39 is 0 Å². The number of phenolic OH excluding ortho intramolecular Hbond substituents is 1. The number of carbonyl (C=O) groups is 2. The van der Waals surface area contributed by atoms with E-state index in [1.165, 1.54) is 13.1 Å². The summed E-state index contributed by atoms with van der Waals surface area (Å²) >= 11 is 0. The van der Waals surface area contributed by atoms with Gasteiger partial charge >= 0.3 is 0 Å². The third kappa shape index (κ3) is 3.85. The molecule has 2 N–H and O–H groups in total. The van der Waals surface area contributed by atoms with Gasteiger partial charge in [-0.1, -0.05) is 24.3 Å². The van der Waals surface area contributed by atoms with E-state index in [0.29, 0.717) is 37.3 Å². The van der Waals surface area contributed by atoms with Gasteiger partial charge in [0.25, 0.3) is 5.91 Å². The third-order valence-electron chi connectivity index (χ3n) is 4.63. The fourth-order valence-corrected chi connectivity index (χ4v) is 3.11. The van der Waals surface area contributed by atoms with Crippen LogP contribution in [0.1, 0.15) is 6.92 Å². The average Bonchev–Trinajstić information content (AvgIpc) is 2.69. The van der Waals surface area contributed by atoms with Crippen LogP contribution in [0.2, 0.25) is 0 Å². The van der Waals surface area contributed by atoms with Crippen LogP contribution in [0.5, 0.6) is 5.75 Å². The average molecular weight is 364 g/mol. The minimum absolute atomic E-state index is 0.0107. The van der Waals surface area contributed by atoms with Crippen molar-refractivity contribution in [2.24, 2.45) is 0 Å².